The summed E-state index contributed by atoms with van der Waals surface area (Å²) in [5.74, 6) is 0.00619. The Bertz CT molecular complexity index is 356. The molecule has 1 aromatic carbocycles. The average molecular weight is 266 g/mol. The van der Waals surface area contributed by atoms with Crippen molar-refractivity contribution in [2.75, 3.05) is 26.7 Å². The van der Waals surface area contributed by atoms with Crippen molar-refractivity contribution in [3.63, 3.8) is 0 Å². The van der Waals surface area contributed by atoms with Gasteiger partial charge in [0.2, 0.25) is 5.91 Å². The van der Waals surface area contributed by atoms with Gasteiger partial charge < -0.3 is 10.2 Å². The molecule has 1 aromatic rings. The molecule has 0 radical (unpaired) electrons. The van der Waals surface area contributed by atoms with Crippen LogP contribution in [0.1, 0.15) is 12.5 Å². The van der Waals surface area contributed by atoms with Crippen LogP contribution in [0.4, 0.5) is 0 Å². The highest BCUT2D eigenvalue weighted by Crippen LogP contribution is 2.07. The van der Waals surface area contributed by atoms with Gasteiger partial charge in [-0.25, -0.2) is 0 Å². The Labute approximate surface area is 115 Å². The second kappa shape index (κ2) is 8.16. The highest BCUT2D eigenvalue weighted by molar-refractivity contribution is 7.81. The van der Waals surface area contributed by atoms with Crippen molar-refractivity contribution in [3.8, 4) is 0 Å². The molecule has 18 heavy (non-hydrogen) atoms. The number of thiol groups is 1. The van der Waals surface area contributed by atoms with Crippen LogP contribution in [0.2, 0.25) is 0 Å². The fourth-order valence-electron chi connectivity index (χ4n) is 1.58. The molecule has 0 aliphatic rings. The van der Waals surface area contributed by atoms with E-state index >= 15 is 0 Å². The van der Waals surface area contributed by atoms with Crippen LogP contribution in [0, 0.1) is 0 Å². The van der Waals surface area contributed by atoms with Gasteiger partial charge in [0.15, 0.2) is 0 Å². The largest absolute Gasteiger partial charge is 0.354 e. The predicted octanol–water partition coefficient (Wildman–Crippen LogP) is 1.60. The highest BCUT2D eigenvalue weighted by atomic mass is 32.1. The van der Waals surface area contributed by atoms with Crippen molar-refractivity contribution in [1.29, 1.82) is 0 Å². The lowest BCUT2D eigenvalue weighted by Gasteiger charge is -2.16. The van der Waals surface area contributed by atoms with Crippen LogP contribution in [-0.4, -0.2) is 42.7 Å². The van der Waals surface area contributed by atoms with Crippen molar-refractivity contribution in [1.82, 2.24) is 10.2 Å². The number of hydrogen-bond donors (Lipinski definition) is 2. The molecule has 0 aliphatic carbocycles. The third-order valence-corrected chi connectivity index (χ3v) is 3.32. The lowest BCUT2D eigenvalue weighted by atomic mass is 10.1. The third-order valence-electron chi connectivity index (χ3n) is 2.91. The van der Waals surface area contributed by atoms with Crippen LogP contribution >= 0.6 is 12.6 Å². The molecule has 1 unspecified atom stereocenters. The summed E-state index contributed by atoms with van der Waals surface area (Å²) in [7, 11) is 2.04. The van der Waals surface area contributed by atoms with Gasteiger partial charge >= 0.3 is 0 Å². The van der Waals surface area contributed by atoms with E-state index in [0.717, 1.165) is 18.7 Å². The maximum Gasteiger partial charge on any atom is 0.233 e. The van der Waals surface area contributed by atoms with Gasteiger partial charge in [0.05, 0.1) is 5.25 Å². The number of carbonyl (C=O) groups excluding carboxylic acids is 1. The van der Waals surface area contributed by atoms with Gasteiger partial charge in [-0.05, 0) is 25.6 Å². The normalized spacial score (nSPS) is 12.4. The van der Waals surface area contributed by atoms with Crippen LogP contribution in [0.15, 0.2) is 30.3 Å². The van der Waals surface area contributed by atoms with E-state index in [0.29, 0.717) is 13.0 Å². The summed E-state index contributed by atoms with van der Waals surface area (Å²) in [6.07, 6.45) is 0.666. The summed E-state index contributed by atoms with van der Waals surface area (Å²) in [5, 5.41) is 2.63. The molecular weight excluding hydrogens is 244 g/mol. The molecule has 0 bridgehead atoms. The minimum atomic E-state index is -0.278. The summed E-state index contributed by atoms with van der Waals surface area (Å²) in [4.78, 5) is 14.0. The number of nitrogens with zero attached hydrogens (tertiary/aromatic N) is 1. The molecule has 1 amide bonds. The molecule has 0 spiro atoms. The van der Waals surface area contributed by atoms with Crippen LogP contribution < -0.4 is 5.32 Å². The van der Waals surface area contributed by atoms with Crippen LogP contribution in [0.3, 0.4) is 0 Å². The fourth-order valence-corrected chi connectivity index (χ4v) is 1.88. The van der Waals surface area contributed by atoms with Gasteiger partial charge in [-0.3, -0.25) is 4.79 Å². The Balaban J connectivity index is 2.29. The Morgan fingerprint density at radius 1 is 1.39 bits per heavy atom. The number of likely N-dealkylation sites (N-methyl/N-ethyl adjacent to an activating group) is 1. The van der Waals surface area contributed by atoms with Crippen molar-refractivity contribution in [2.45, 2.75) is 18.6 Å². The monoisotopic (exact) mass is 266 g/mol. The Kier molecular flexibility index (Phi) is 6.83. The Morgan fingerprint density at radius 2 is 2.06 bits per heavy atom. The first-order valence-electron chi connectivity index (χ1n) is 6.31. The van der Waals surface area contributed by atoms with E-state index in [-0.39, 0.29) is 11.2 Å². The first-order valence-corrected chi connectivity index (χ1v) is 6.83. The molecule has 1 N–H and O–H groups in total. The van der Waals surface area contributed by atoms with E-state index in [1.54, 1.807) is 0 Å². The molecule has 1 atom stereocenters. The first kappa shape index (κ1) is 15.1. The minimum absolute atomic E-state index is 0.00619. The van der Waals surface area contributed by atoms with Gasteiger partial charge in [0, 0.05) is 13.1 Å². The molecule has 0 aliphatic heterocycles. The molecule has 0 aromatic heterocycles. The van der Waals surface area contributed by atoms with E-state index in [1.807, 2.05) is 37.4 Å². The van der Waals surface area contributed by atoms with Crippen LogP contribution in [0.25, 0.3) is 0 Å². The zero-order chi connectivity index (χ0) is 13.4. The summed E-state index contributed by atoms with van der Waals surface area (Å²) in [6.45, 7) is 4.63. The SMILES string of the molecule is CCN(C)CCNC(=O)C(S)Cc1ccccc1. The van der Waals surface area contributed by atoms with Crippen molar-refractivity contribution < 1.29 is 4.79 Å². The van der Waals surface area contributed by atoms with Gasteiger partial charge in [-0.2, -0.15) is 12.6 Å². The topological polar surface area (TPSA) is 32.3 Å². The molecule has 0 fully saturated rings. The summed E-state index contributed by atoms with van der Waals surface area (Å²) in [6, 6.07) is 9.95. The van der Waals surface area contributed by atoms with Crippen molar-refractivity contribution >= 4 is 18.5 Å². The lowest BCUT2D eigenvalue weighted by molar-refractivity contribution is -0.120. The number of amides is 1. The van der Waals surface area contributed by atoms with Gasteiger partial charge in [-0.15, -0.1) is 0 Å². The fraction of sp³-hybridized carbons (Fsp3) is 0.500. The minimum Gasteiger partial charge on any atom is -0.354 e. The molecule has 0 saturated heterocycles. The second-order valence-electron chi connectivity index (χ2n) is 4.39. The molecule has 3 nitrogen and oxygen atoms in total. The van der Waals surface area contributed by atoms with E-state index in [4.69, 9.17) is 0 Å². The van der Waals surface area contributed by atoms with Crippen LogP contribution in [-0.2, 0) is 11.2 Å². The van der Waals surface area contributed by atoms with E-state index < -0.39 is 0 Å². The van der Waals surface area contributed by atoms with E-state index in [9.17, 15) is 4.79 Å². The van der Waals surface area contributed by atoms with Gasteiger partial charge in [0.1, 0.15) is 0 Å². The highest BCUT2D eigenvalue weighted by Gasteiger charge is 2.13. The maximum atomic E-state index is 11.8. The zero-order valence-electron chi connectivity index (χ0n) is 11.1. The summed E-state index contributed by atoms with van der Waals surface area (Å²) >= 11 is 4.36. The molecule has 4 heteroatoms. The Morgan fingerprint density at radius 3 is 2.67 bits per heavy atom. The number of benzene rings is 1. The molecule has 100 valence electrons. The van der Waals surface area contributed by atoms with Gasteiger partial charge in [-0.1, -0.05) is 37.3 Å². The summed E-state index contributed by atoms with van der Waals surface area (Å²) < 4.78 is 0. The lowest BCUT2D eigenvalue weighted by Crippen LogP contribution is -2.37. The Hall–Kier alpha value is -1.00. The predicted molar refractivity (Wildman–Crippen MR) is 79.1 cm³/mol. The number of nitrogens with one attached hydrogen (secondary N) is 1. The van der Waals surface area contributed by atoms with E-state index in [2.05, 4.69) is 29.8 Å². The van der Waals surface area contributed by atoms with Crippen LogP contribution in [0.5, 0.6) is 0 Å². The average Bonchev–Trinajstić information content (AvgIpc) is 2.39. The standard InChI is InChI=1S/C14H22N2OS/c1-3-16(2)10-9-15-14(17)13(18)11-12-7-5-4-6-8-12/h4-8,13,18H,3,9-11H2,1-2H3,(H,15,17). The number of hydrogen-bond acceptors (Lipinski definition) is 3. The zero-order valence-corrected chi connectivity index (χ0v) is 12.0. The molecular formula is C14H22N2OS. The number of rotatable bonds is 7. The number of carbonyl (C=O) groups is 1. The molecule has 1 rings (SSSR count). The molecule has 0 heterocycles. The van der Waals surface area contributed by atoms with Crippen molar-refractivity contribution in [3.05, 3.63) is 35.9 Å². The first-order chi connectivity index (χ1) is 8.63. The van der Waals surface area contributed by atoms with Gasteiger partial charge in [0.25, 0.3) is 0 Å². The van der Waals surface area contributed by atoms with Crippen molar-refractivity contribution in [2.24, 2.45) is 0 Å². The molecule has 0 saturated carbocycles. The quantitative estimate of drug-likeness (QED) is 0.735. The smallest absolute Gasteiger partial charge is 0.233 e. The van der Waals surface area contributed by atoms with E-state index in [1.165, 1.54) is 0 Å². The summed E-state index contributed by atoms with van der Waals surface area (Å²) in [5.41, 5.74) is 1.14. The maximum absolute atomic E-state index is 11.8. The third kappa shape index (κ3) is 5.56. The second-order valence-corrected chi connectivity index (χ2v) is 5.02.